The van der Waals surface area contributed by atoms with Crippen LogP contribution in [-0.2, 0) is 0 Å². The van der Waals surface area contributed by atoms with Gasteiger partial charge in [-0.25, -0.2) is 4.98 Å². The fourth-order valence-corrected chi connectivity index (χ4v) is 2.33. The van der Waals surface area contributed by atoms with E-state index in [0.717, 1.165) is 26.9 Å². The Hall–Kier alpha value is -2.12. The first-order valence-corrected chi connectivity index (χ1v) is 6.63. The molecule has 0 atom stereocenters. The van der Waals surface area contributed by atoms with Crippen LogP contribution in [0.25, 0.3) is 22.4 Å². The van der Waals surface area contributed by atoms with Crippen LogP contribution in [0.1, 0.15) is 11.1 Å². The number of hydrogen-bond acceptors (Lipinski definition) is 2. The first kappa shape index (κ1) is 11.9. The van der Waals surface area contributed by atoms with E-state index >= 15 is 0 Å². The molecule has 0 aliphatic carbocycles. The molecular weight excluding hydrogens is 302 g/mol. The number of H-pyrrole nitrogens is 1. The molecule has 0 aliphatic heterocycles. The summed E-state index contributed by atoms with van der Waals surface area (Å²) in [6.45, 7) is 2.05. The van der Waals surface area contributed by atoms with Crippen LogP contribution >= 0.6 is 15.9 Å². The normalized spacial score (nSPS) is 10.6. The lowest BCUT2D eigenvalue weighted by molar-refractivity contribution is 1.32. The summed E-state index contributed by atoms with van der Waals surface area (Å²) in [5.74, 6) is 0.811. The summed E-state index contributed by atoms with van der Waals surface area (Å²) < 4.78 is 1.06. The zero-order valence-electron chi connectivity index (χ0n) is 10.2. The highest BCUT2D eigenvalue weighted by atomic mass is 79.9. The minimum Gasteiger partial charge on any atom is -0.338 e. The lowest BCUT2D eigenvalue weighted by Crippen LogP contribution is -1.82. The van der Waals surface area contributed by atoms with Crippen LogP contribution < -0.4 is 0 Å². The average molecular weight is 312 g/mol. The van der Waals surface area contributed by atoms with Crippen LogP contribution in [0.5, 0.6) is 0 Å². The van der Waals surface area contributed by atoms with Crippen molar-refractivity contribution < 1.29 is 0 Å². The van der Waals surface area contributed by atoms with Crippen molar-refractivity contribution >= 4 is 27.0 Å². The molecule has 0 radical (unpaired) electrons. The summed E-state index contributed by atoms with van der Waals surface area (Å²) in [6.07, 6.45) is 0. The summed E-state index contributed by atoms with van der Waals surface area (Å²) >= 11 is 3.53. The van der Waals surface area contributed by atoms with Crippen LogP contribution in [0.4, 0.5) is 0 Å². The summed E-state index contributed by atoms with van der Waals surface area (Å²) in [5, 5.41) is 8.90. The Morgan fingerprint density at radius 1 is 1.21 bits per heavy atom. The topological polar surface area (TPSA) is 52.5 Å². The van der Waals surface area contributed by atoms with Gasteiger partial charge in [-0.2, -0.15) is 5.26 Å². The highest BCUT2D eigenvalue weighted by Crippen LogP contribution is 2.25. The number of nitrogens with one attached hydrogen (secondary N) is 1. The zero-order chi connectivity index (χ0) is 13.4. The molecule has 1 aromatic heterocycles. The summed E-state index contributed by atoms with van der Waals surface area (Å²) in [5.41, 5.74) is 4.59. The molecule has 4 heteroatoms. The summed E-state index contributed by atoms with van der Waals surface area (Å²) in [7, 11) is 0. The van der Waals surface area contributed by atoms with Gasteiger partial charge in [-0.15, -0.1) is 0 Å². The summed E-state index contributed by atoms with van der Waals surface area (Å²) in [6, 6.07) is 13.7. The number of aryl methyl sites for hydroxylation is 1. The van der Waals surface area contributed by atoms with Gasteiger partial charge in [0, 0.05) is 10.0 Å². The first-order chi connectivity index (χ1) is 9.17. The molecule has 92 valence electrons. The predicted molar refractivity (Wildman–Crippen MR) is 78.7 cm³/mol. The van der Waals surface area contributed by atoms with Crippen molar-refractivity contribution in [1.82, 2.24) is 9.97 Å². The van der Waals surface area contributed by atoms with Gasteiger partial charge in [0.25, 0.3) is 0 Å². The molecule has 0 spiro atoms. The van der Waals surface area contributed by atoms with Crippen molar-refractivity contribution in [2.24, 2.45) is 0 Å². The molecule has 1 heterocycles. The number of aromatic amines is 1. The minimum absolute atomic E-state index is 0.632. The van der Waals surface area contributed by atoms with E-state index in [2.05, 4.69) is 32.0 Å². The van der Waals surface area contributed by atoms with Gasteiger partial charge < -0.3 is 4.98 Å². The second-order valence-electron chi connectivity index (χ2n) is 4.39. The predicted octanol–water partition coefficient (Wildman–Crippen LogP) is 4.17. The third-order valence-corrected chi connectivity index (χ3v) is 3.91. The van der Waals surface area contributed by atoms with Crippen molar-refractivity contribution in [3.8, 4) is 17.5 Å². The van der Waals surface area contributed by atoms with Crippen molar-refractivity contribution in [3.63, 3.8) is 0 Å². The van der Waals surface area contributed by atoms with Crippen LogP contribution in [-0.4, -0.2) is 9.97 Å². The Morgan fingerprint density at radius 2 is 2.05 bits per heavy atom. The van der Waals surface area contributed by atoms with Gasteiger partial charge in [0.05, 0.1) is 22.7 Å². The Bertz CT molecular complexity index is 812. The maximum Gasteiger partial charge on any atom is 0.138 e. The second-order valence-corrected chi connectivity index (χ2v) is 5.25. The van der Waals surface area contributed by atoms with Gasteiger partial charge >= 0.3 is 0 Å². The lowest BCUT2D eigenvalue weighted by atomic mass is 10.1. The van der Waals surface area contributed by atoms with E-state index in [4.69, 9.17) is 5.26 Å². The molecule has 0 unspecified atom stereocenters. The number of hydrogen-bond donors (Lipinski definition) is 1. The minimum atomic E-state index is 0.632. The number of aromatic nitrogens is 2. The van der Waals surface area contributed by atoms with E-state index in [1.807, 2.05) is 37.3 Å². The van der Waals surface area contributed by atoms with E-state index in [-0.39, 0.29) is 0 Å². The zero-order valence-corrected chi connectivity index (χ0v) is 11.8. The fourth-order valence-electron chi connectivity index (χ4n) is 1.96. The largest absolute Gasteiger partial charge is 0.338 e. The Morgan fingerprint density at radius 3 is 2.79 bits per heavy atom. The first-order valence-electron chi connectivity index (χ1n) is 5.84. The molecule has 0 saturated carbocycles. The van der Waals surface area contributed by atoms with Crippen molar-refractivity contribution in [2.75, 3.05) is 0 Å². The van der Waals surface area contributed by atoms with Crippen molar-refractivity contribution in [2.45, 2.75) is 6.92 Å². The number of nitrogens with zero attached hydrogens (tertiary/aromatic N) is 2. The Labute approximate surface area is 119 Å². The molecule has 2 aromatic carbocycles. The van der Waals surface area contributed by atoms with Crippen LogP contribution in [0.2, 0.25) is 0 Å². The maximum atomic E-state index is 8.90. The quantitative estimate of drug-likeness (QED) is 0.733. The van der Waals surface area contributed by atoms with E-state index in [0.29, 0.717) is 5.56 Å². The smallest absolute Gasteiger partial charge is 0.138 e. The van der Waals surface area contributed by atoms with E-state index < -0.39 is 0 Å². The van der Waals surface area contributed by atoms with Gasteiger partial charge in [0.1, 0.15) is 5.82 Å². The average Bonchev–Trinajstić information content (AvgIpc) is 2.84. The van der Waals surface area contributed by atoms with E-state index in [9.17, 15) is 0 Å². The van der Waals surface area contributed by atoms with Crippen LogP contribution in [0.3, 0.4) is 0 Å². The number of fused-ring (bicyclic) bond motifs is 1. The van der Waals surface area contributed by atoms with Crippen LogP contribution in [0.15, 0.2) is 40.9 Å². The Balaban J connectivity index is 2.15. The highest BCUT2D eigenvalue weighted by Gasteiger charge is 2.07. The number of halogens is 1. The third kappa shape index (κ3) is 2.13. The molecule has 19 heavy (non-hydrogen) atoms. The van der Waals surface area contributed by atoms with Gasteiger partial charge in [-0.3, -0.25) is 0 Å². The van der Waals surface area contributed by atoms with E-state index in [1.54, 1.807) is 6.07 Å². The van der Waals surface area contributed by atoms with Crippen molar-refractivity contribution in [3.05, 3.63) is 52.0 Å². The molecule has 0 fully saturated rings. The SMILES string of the molecule is Cc1ccc(-c2nc3ccc(C#N)cc3[nH]2)cc1Br. The standard InChI is InChI=1S/C15H10BrN3/c1-9-2-4-11(7-12(9)16)15-18-13-5-3-10(8-17)6-14(13)19-15/h2-7H,1H3,(H,18,19). The number of imidazole rings is 1. The molecular formula is C15H10BrN3. The highest BCUT2D eigenvalue weighted by molar-refractivity contribution is 9.10. The molecule has 3 rings (SSSR count). The van der Waals surface area contributed by atoms with Gasteiger partial charge in [-0.1, -0.05) is 28.1 Å². The molecule has 0 bridgehead atoms. The lowest BCUT2D eigenvalue weighted by Gasteiger charge is -2.00. The third-order valence-electron chi connectivity index (χ3n) is 3.06. The second kappa shape index (κ2) is 4.52. The molecule has 0 aliphatic rings. The van der Waals surface area contributed by atoms with Crippen LogP contribution in [0, 0.1) is 18.3 Å². The number of benzene rings is 2. The summed E-state index contributed by atoms with van der Waals surface area (Å²) in [4.78, 5) is 7.79. The number of nitriles is 1. The Kier molecular flexibility index (Phi) is 2.84. The van der Waals surface area contributed by atoms with Gasteiger partial charge in [0.2, 0.25) is 0 Å². The molecule has 1 N–H and O–H groups in total. The molecule has 3 aromatic rings. The molecule has 3 nitrogen and oxygen atoms in total. The number of rotatable bonds is 1. The van der Waals surface area contributed by atoms with E-state index in [1.165, 1.54) is 5.56 Å². The monoisotopic (exact) mass is 311 g/mol. The molecule has 0 saturated heterocycles. The maximum absolute atomic E-state index is 8.90. The van der Waals surface area contributed by atoms with Crippen molar-refractivity contribution in [1.29, 1.82) is 5.26 Å². The molecule has 0 amide bonds. The van der Waals surface area contributed by atoms with Gasteiger partial charge in [-0.05, 0) is 36.8 Å². The fraction of sp³-hybridized carbons (Fsp3) is 0.0667. The van der Waals surface area contributed by atoms with Gasteiger partial charge in [0.15, 0.2) is 0 Å².